The highest BCUT2D eigenvalue weighted by Gasteiger charge is 2.16. The summed E-state index contributed by atoms with van der Waals surface area (Å²) < 4.78 is 19.8. The van der Waals surface area contributed by atoms with Crippen LogP contribution in [0.5, 0.6) is 0 Å². The number of nitrogens with one attached hydrogen (secondary N) is 1. The Morgan fingerprint density at radius 2 is 1.81 bits per heavy atom. The molecule has 1 fully saturated rings. The lowest BCUT2D eigenvalue weighted by molar-refractivity contribution is -0.115. The van der Waals surface area contributed by atoms with Gasteiger partial charge in [0.25, 0.3) is 0 Å². The SMILES string of the molecule is O=C(Cc1ccc2c(c1)CCCC2)Nc1ccc(N2CCOCC2)c(F)c1. The van der Waals surface area contributed by atoms with Gasteiger partial charge in [0.05, 0.1) is 25.3 Å². The second-order valence-electron chi connectivity index (χ2n) is 7.30. The molecular formula is C22H25FN2O2. The summed E-state index contributed by atoms with van der Waals surface area (Å²) in [5.41, 5.74) is 4.84. The highest BCUT2D eigenvalue weighted by Crippen LogP contribution is 2.25. The molecule has 1 heterocycles. The van der Waals surface area contributed by atoms with Gasteiger partial charge in [-0.05, 0) is 60.6 Å². The molecule has 0 radical (unpaired) electrons. The Bertz CT molecular complexity index is 831. The molecule has 4 rings (SSSR count). The molecule has 2 aliphatic rings. The first-order valence-electron chi connectivity index (χ1n) is 9.72. The Labute approximate surface area is 159 Å². The fourth-order valence-electron chi connectivity index (χ4n) is 3.93. The molecule has 0 spiro atoms. The van der Waals surface area contributed by atoms with Crippen molar-refractivity contribution in [2.24, 2.45) is 0 Å². The van der Waals surface area contributed by atoms with Gasteiger partial charge in [-0.15, -0.1) is 0 Å². The molecule has 4 nitrogen and oxygen atoms in total. The quantitative estimate of drug-likeness (QED) is 0.894. The molecule has 1 aliphatic carbocycles. The van der Waals surface area contributed by atoms with E-state index in [1.165, 1.54) is 30.0 Å². The summed E-state index contributed by atoms with van der Waals surface area (Å²) in [4.78, 5) is 14.4. The number of carbonyl (C=O) groups excluding carboxylic acids is 1. The molecule has 1 N–H and O–H groups in total. The lowest BCUT2D eigenvalue weighted by Gasteiger charge is -2.29. The van der Waals surface area contributed by atoms with Crippen LogP contribution in [0, 0.1) is 5.82 Å². The van der Waals surface area contributed by atoms with Gasteiger partial charge in [0, 0.05) is 18.8 Å². The van der Waals surface area contributed by atoms with Crippen LogP contribution in [0.1, 0.15) is 29.5 Å². The second-order valence-corrected chi connectivity index (χ2v) is 7.30. The normalized spacial score (nSPS) is 16.7. The number of anilines is 2. The monoisotopic (exact) mass is 368 g/mol. The summed E-state index contributed by atoms with van der Waals surface area (Å²) in [6.45, 7) is 2.58. The summed E-state index contributed by atoms with van der Waals surface area (Å²) in [5.74, 6) is -0.437. The number of hydrogen-bond donors (Lipinski definition) is 1. The maximum Gasteiger partial charge on any atom is 0.228 e. The minimum atomic E-state index is -0.316. The molecule has 0 unspecified atom stereocenters. The number of fused-ring (bicyclic) bond motifs is 1. The number of ether oxygens (including phenoxy) is 1. The molecular weight excluding hydrogens is 343 g/mol. The summed E-state index contributed by atoms with van der Waals surface area (Å²) in [7, 11) is 0. The number of rotatable bonds is 4. The fourth-order valence-corrected chi connectivity index (χ4v) is 3.93. The average Bonchev–Trinajstić information content (AvgIpc) is 2.68. The van der Waals surface area contributed by atoms with Gasteiger partial charge < -0.3 is 15.0 Å². The van der Waals surface area contributed by atoms with Crippen LogP contribution in [-0.2, 0) is 28.8 Å². The molecule has 27 heavy (non-hydrogen) atoms. The fraction of sp³-hybridized carbons (Fsp3) is 0.409. The summed E-state index contributed by atoms with van der Waals surface area (Å²) in [6.07, 6.45) is 5.01. The topological polar surface area (TPSA) is 41.6 Å². The van der Waals surface area contributed by atoms with Crippen LogP contribution in [0.25, 0.3) is 0 Å². The third kappa shape index (κ3) is 4.30. The van der Waals surface area contributed by atoms with Crippen molar-refractivity contribution in [3.63, 3.8) is 0 Å². The molecule has 1 amide bonds. The molecule has 0 aromatic heterocycles. The smallest absolute Gasteiger partial charge is 0.228 e. The lowest BCUT2D eigenvalue weighted by atomic mass is 9.90. The van der Waals surface area contributed by atoms with E-state index >= 15 is 0 Å². The zero-order valence-corrected chi connectivity index (χ0v) is 15.5. The van der Waals surface area contributed by atoms with Crippen molar-refractivity contribution in [3.8, 4) is 0 Å². The van der Waals surface area contributed by atoms with Crippen molar-refractivity contribution in [2.45, 2.75) is 32.1 Å². The number of halogens is 1. The number of benzene rings is 2. The number of aryl methyl sites for hydroxylation is 2. The van der Waals surface area contributed by atoms with Gasteiger partial charge in [-0.2, -0.15) is 0 Å². The molecule has 1 saturated heterocycles. The highest BCUT2D eigenvalue weighted by molar-refractivity contribution is 5.92. The number of morpholine rings is 1. The number of nitrogens with zero attached hydrogens (tertiary/aromatic N) is 1. The van der Waals surface area contributed by atoms with Crippen LogP contribution < -0.4 is 10.2 Å². The Morgan fingerprint density at radius 1 is 1.04 bits per heavy atom. The van der Waals surface area contributed by atoms with Crippen molar-refractivity contribution < 1.29 is 13.9 Å². The van der Waals surface area contributed by atoms with Gasteiger partial charge in [-0.25, -0.2) is 4.39 Å². The number of hydrogen-bond acceptors (Lipinski definition) is 3. The van der Waals surface area contributed by atoms with Gasteiger partial charge in [0.2, 0.25) is 5.91 Å². The largest absolute Gasteiger partial charge is 0.378 e. The first kappa shape index (κ1) is 18.0. The molecule has 0 saturated carbocycles. The van der Waals surface area contributed by atoms with Crippen molar-refractivity contribution in [1.82, 2.24) is 0 Å². The van der Waals surface area contributed by atoms with Crippen LogP contribution in [0.4, 0.5) is 15.8 Å². The molecule has 1 aliphatic heterocycles. The zero-order valence-electron chi connectivity index (χ0n) is 15.5. The Balaban J connectivity index is 1.40. The summed E-state index contributed by atoms with van der Waals surface area (Å²) in [5, 5.41) is 2.82. The maximum atomic E-state index is 14.5. The van der Waals surface area contributed by atoms with E-state index in [-0.39, 0.29) is 11.7 Å². The molecule has 0 bridgehead atoms. The predicted octanol–water partition coefficient (Wildman–Crippen LogP) is 3.72. The highest BCUT2D eigenvalue weighted by atomic mass is 19.1. The maximum absolute atomic E-state index is 14.5. The van der Waals surface area contributed by atoms with Crippen LogP contribution in [0.3, 0.4) is 0 Å². The number of amides is 1. The molecule has 2 aromatic rings. The van der Waals surface area contributed by atoms with Gasteiger partial charge in [-0.1, -0.05) is 18.2 Å². The van der Waals surface area contributed by atoms with Crippen molar-refractivity contribution in [2.75, 3.05) is 36.5 Å². The van der Waals surface area contributed by atoms with E-state index in [1.807, 2.05) is 11.0 Å². The van der Waals surface area contributed by atoms with E-state index in [4.69, 9.17) is 4.74 Å². The van der Waals surface area contributed by atoms with Gasteiger partial charge in [0.15, 0.2) is 0 Å². The van der Waals surface area contributed by atoms with E-state index in [2.05, 4.69) is 17.4 Å². The summed E-state index contributed by atoms with van der Waals surface area (Å²) in [6, 6.07) is 11.2. The van der Waals surface area contributed by atoms with Crippen LogP contribution in [0.2, 0.25) is 0 Å². The van der Waals surface area contributed by atoms with Crippen molar-refractivity contribution in [1.29, 1.82) is 0 Å². The van der Waals surface area contributed by atoms with E-state index in [0.717, 1.165) is 18.4 Å². The Kier molecular flexibility index (Phi) is 5.39. The second kappa shape index (κ2) is 8.09. The lowest BCUT2D eigenvalue weighted by Crippen LogP contribution is -2.36. The average molecular weight is 368 g/mol. The van der Waals surface area contributed by atoms with Gasteiger partial charge in [0.1, 0.15) is 5.82 Å². The van der Waals surface area contributed by atoms with E-state index < -0.39 is 0 Å². The minimum absolute atomic E-state index is 0.121. The number of carbonyl (C=O) groups is 1. The molecule has 0 atom stereocenters. The van der Waals surface area contributed by atoms with E-state index in [9.17, 15) is 9.18 Å². The Morgan fingerprint density at radius 3 is 2.59 bits per heavy atom. The predicted molar refractivity (Wildman–Crippen MR) is 105 cm³/mol. The standard InChI is InChI=1S/C22H25FN2O2/c23-20-15-19(7-8-21(20)25-9-11-27-12-10-25)24-22(26)14-16-5-6-17-3-1-2-4-18(17)13-16/h5-8,13,15H,1-4,9-12,14H2,(H,24,26). The van der Waals surface area contributed by atoms with Crippen molar-refractivity contribution in [3.05, 3.63) is 58.9 Å². The minimum Gasteiger partial charge on any atom is -0.378 e. The third-order valence-electron chi connectivity index (χ3n) is 5.36. The van der Waals surface area contributed by atoms with Gasteiger partial charge >= 0.3 is 0 Å². The van der Waals surface area contributed by atoms with E-state index in [1.54, 1.807) is 12.1 Å². The Hall–Kier alpha value is -2.40. The molecule has 5 heteroatoms. The van der Waals surface area contributed by atoms with Crippen LogP contribution in [-0.4, -0.2) is 32.2 Å². The van der Waals surface area contributed by atoms with Crippen LogP contribution >= 0.6 is 0 Å². The first-order valence-corrected chi connectivity index (χ1v) is 9.72. The van der Waals surface area contributed by atoms with E-state index in [0.29, 0.717) is 44.1 Å². The third-order valence-corrected chi connectivity index (χ3v) is 5.36. The van der Waals surface area contributed by atoms with Gasteiger partial charge in [-0.3, -0.25) is 4.79 Å². The molecule has 142 valence electrons. The zero-order chi connectivity index (χ0) is 18.6. The van der Waals surface area contributed by atoms with Crippen molar-refractivity contribution >= 4 is 17.3 Å². The summed E-state index contributed by atoms with van der Waals surface area (Å²) >= 11 is 0. The molecule has 2 aromatic carbocycles. The van der Waals surface area contributed by atoms with Crippen LogP contribution in [0.15, 0.2) is 36.4 Å². The first-order chi connectivity index (χ1) is 13.2.